The Labute approximate surface area is 92.8 Å². The summed E-state index contributed by atoms with van der Waals surface area (Å²) in [5.74, 6) is 2.05. The molecule has 1 saturated carbocycles. The molecule has 0 aromatic carbocycles. The van der Waals surface area contributed by atoms with Crippen LogP contribution < -0.4 is 0 Å². The molecule has 15 heavy (non-hydrogen) atoms. The predicted molar refractivity (Wildman–Crippen MR) is 63.7 cm³/mol. The third-order valence-corrected chi connectivity index (χ3v) is 4.16. The van der Waals surface area contributed by atoms with Crippen molar-refractivity contribution in [2.24, 2.45) is 11.8 Å². The molecule has 2 unspecified atom stereocenters. The first-order chi connectivity index (χ1) is 7.40. The van der Waals surface area contributed by atoms with Crippen LogP contribution in [-0.4, -0.2) is 24.5 Å². The van der Waals surface area contributed by atoms with Gasteiger partial charge in [-0.15, -0.1) is 0 Å². The third kappa shape index (κ3) is 2.17. The van der Waals surface area contributed by atoms with Crippen LogP contribution in [0.25, 0.3) is 0 Å². The van der Waals surface area contributed by atoms with Crippen LogP contribution in [0.1, 0.15) is 32.1 Å². The van der Waals surface area contributed by atoms with Crippen molar-refractivity contribution in [3.63, 3.8) is 0 Å². The Morgan fingerprint density at radius 3 is 2.60 bits per heavy atom. The topological polar surface area (TPSA) is 3.24 Å². The van der Waals surface area contributed by atoms with Gasteiger partial charge in [0.2, 0.25) is 0 Å². The van der Waals surface area contributed by atoms with Crippen molar-refractivity contribution in [1.82, 2.24) is 4.90 Å². The van der Waals surface area contributed by atoms with E-state index in [0.29, 0.717) is 0 Å². The largest absolute Gasteiger partial charge is 0.299 e. The minimum Gasteiger partial charge on any atom is -0.299 e. The van der Waals surface area contributed by atoms with Gasteiger partial charge in [-0.1, -0.05) is 18.2 Å². The molecular formula is C14H21N. The lowest BCUT2D eigenvalue weighted by Crippen LogP contribution is -2.37. The number of nitrogens with zero attached hydrogens (tertiary/aromatic N) is 1. The van der Waals surface area contributed by atoms with E-state index in [0.717, 1.165) is 11.8 Å². The zero-order valence-corrected chi connectivity index (χ0v) is 9.49. The number of allylic oxidation sites excluding steroid dienone is 2. The van der Waals surface area contributed by atoms with Crippen molar-refractivity contribution in [2.75, 3.05) is 19.6 Å². The second kappa shape index (κ2) is 4.13. The van der Waals surface area contributed by atoms with E-state index >= 15 is 0 Å². The zero-order valence-electron chi connectivity index (χ0n) is 9.49. The van der Waals surface area contributed by atoms with Gasteiger partial charge in [0.1, 0.15) is 0 Å². The summed E-state index contributed by atoms with van der Waals surface area (Å²) in [4.78, 5) is 2.69. The highest BCUT2D eigenvalue weighted by Crippen LogP contribution is 2.36. The highest BCUT2D eigenvalue weighted by atomic mass is 15.1. The molecule has 82 valence electrons. The van der Waals surface area contributed by atoms with E-state index in [1.807, 2.05) is 0 Å². The minimum atomic E-state index is 1.02. The fourth-order valence-electron chi connectivity index (χ4n) is 3.49. The van der Waals surface area contributed by atoms with E-state index in [1.54, 1.807) is 5.57 Å². The van der Waals surface area contributed by atoms with Crippen molar-refractivity contribution in [3.05, 3.63) is 23.8 Å². The van der Waals surface area contributed by atoms with Gasteiger partial charge >= 0.3 is 0 Å². The predicted octanol–water partition coefficient (Wildman–Crippen LogP) is 2.99. The van der Waals surface area contributed by atoms with Crippen LogP contribution >= 0.6 is 0 Å². The van der Waals surface area contributed by atoms with Gasteiger partial charge in [-0.25, -0.2) is 0 Å². The second-order valence-electron chi connectivity index (χ2n) is 5.50. The molecule has 3 rings (SSSR count). The van der Waals surface area contributed by atoms with Gasteiger partial charge in [-0.2, -0.15) is 0 Å². The standard InChI is InChI=1S/C14H21N/c1-2-4-12(5-3-1)9-15-10-13-6-7-14(8-13)11-15/h2,4-5,13-14H,1,3,6-11H2. The highest BCUT2D eigenvalue weighted by Gasteiger charge is 2.32. The lowest BCUT2D eigenvalue weighted by Gasteiger charge is -2.32. The van der Waals surface area contributed by atoms with Gasteiger partial charge in [0.05, 0.1) is 0 Å². The van der Waals surface area contributed by atoms with E-state index in [-0.39, 0.29) is 0 Å². The fraction of sp³-hybridized carbons (Fsp3) is 0.714. The third-order valence-electron chi connectivity index (χ3n) is 4.16. The van der Waals surface area contributed by atoms with E-state index in [2.05, 4.69) is 23.1 Å². The maximum atomic E-state index is 2.69. The number of hydrogen-bond acceptors (Lipinski definition) is 1. The summed E-state index contributed by atoms with van der Waals surface area (Å²) >= 11 is 0. The molecule has 2 aliphatic carbocycles. The lowest BCUT2D eigenvalue weighted by molar-refractivity contribution is 0.182. The number of fused-ring (bicyclic) bond motifs is 2. The summed E-state index contributed by atoms with van der Waals surface area (Å²) in [6, 6.07) is 0. The molecule has 0 aromatic rings. The summed E-state index contributed by atoms with van der Waals surface area (Å²) in [5.41, 5.74) is 1.56. The van der Waals surface area contributed by atoms with E-state index in [4.69, 9.17) is 0 Å². The minimum absolute atomic E-state index is 1.02. The molecule has 1 nitrogen and oxygen atoms in total. The molecule has 1 heteroatoms. The lowest BCUT2D eigenvalue weighted by atomic mass is 9.97. The van der Waals surface area contributed by atoms with E-state index in [1.165, 1.54) is 51.7 Å². The summed E-state index contributed by atoms with van der Waals surface area (Å²) < 4.78 is 0. The van der Waals surface area contributed by atoms with Crippen molar-refractivity contribution < 1.29 is 0 Å². The first-order valence-electron chi connectivity index (χ1n) is 6.48. The summed E-state index contributed by atoms with van der Waals surface area (Å²) in [5, 5.41) is 0. The Hall–Kier alpha value is -0.560. The van der Waals surface area contributed by atoms with Gasteiger partial charge in [-0.05, 0) is 49.5 Å². The number of piperidine rings is 1. The number of likely N-dealkylation sites (tertiary alicyclic amines) is 1. The van der Waals surface area contributed by atoms with Gasteiger partial charge in [-0.3, -0.25) is 4.90 Å². The van der Waals surface area contributed by atoms with Crippen LogP contribution in [0.15, 0.2) is 23.8 Å². The number of hydrogen-bond donors (Lipinski definition) is 0. The maximum absolute atomic E-state index is 2.69. The van der Waals surface area contributed by atoms with E-state index in [9.17, 15) is 0 Å². The smallest absolute Gasteiger partial charge is 0.0230 e. The van der Waals surface area contributed by atoms with Crippen LogP contribution in [0.4, 0.5) is 0 Å². The molecule has 1 saturated heterocycles. The Kier molecular flexibility index (Phi) is 2.66. The molecule has 3 aliphatic rings. The molecular weight excluding hydrogens is 182 g/mol. The Balaban J connectivity index is 1.59. The normalized spacial score (nSPS) is 35.6. The SMILES string of the molecule is C1=CC(CN2CC3CCC(C3)C2)=CCC1. The van der Waals surface area contributed by atoms with Crippen LogP contribution in [0.2, 0.25) is 0 Å². The average molecular weight is 203 g/mol. The Morgan fingerprint density at radius 1 is 1.13 bits per heavy atom. The van der Waals surface area contributed by atoms with Crippen LogP contribution in [-0.2, 0) is 0 Å². The second-order valence-corrected chi connectivity index (χ2v) is 5.50. The summed E-state index contributed by atoms with van der Waals surface area (Å²) in [7, 11) is 0. The first-order valence-corrected chi connectivity index (χ1v) is 6.48. The monoisotopic (exact) mass is 203 g/mol. The van der Waals surface area contributed by atoms with Crippen molar-refractivity contribution in [1.29, 1.82) is 0 Å². The van der Waals surface area contributed by atoms with Gasteiger partial charge < -0.3 is 0 Å². The van der Waals surface area contributed by atoms with Gasteiger partial charge in [0.25, 0.3) is 0 Å². The molecule has 0 N–H and O–H groups in total. The molecule has 1 aliphatic heterocycles. The Morgan fingerprint density at radius 2 is 1.93 bits per heavy atom. The van der Waals surface area contributed by atoms with Gasteiger partial charge in [0.15, 0.2) is 0 Å². The average Bonchev–Trinajstić information content (AvgIpc) is 2.60. The molecule has 0 radical (unpaired) electrons. The van der Waals surface area contributed by atoms with Crippen molar-refractivity contribution in [2.45, 2.75) is 32.1 Å². The van der Waals surface area contributed by atoms with Crippen molar-refractivity contribution >= 4 is 0 Å². The van der Waals surface area contributed by atoms with Crippen molar-refractivity contribution in [3.8, 4) is 0 Å². The molecule has 2 fully saturated rings. The molecule has 0 amide bonds. The first kappa shape index (κ1) is 9.65. The summed E-state index contributed by atoms with van der Waals surface area (Å²) in [6.07, 6.45) is 14.1. The van der Waals surface area contributed by atoms with Gasteiger partial charge in [0, 0.05) is 19.6 Å². The van der Waals surface area contributed by atoms with Crippen LogP contribution in [0.3, 0.4) is 0 Å². The maximum Gasteiger partial charge on any atom is 0.0230 e. The van der Waals surface area contributed by atoms with Crippen LogP contribution in [0.5, 0.6) is 0 Å². The fourth-order valence-corrected chi connectivity index (χ4v) is 3.49. The van der Waals surface area contributed by atoms with E-state index < -0.39 is 0 Å². The molecule has 0 spiro atoms. The highest BCUT2D eigenvalue weighted by molar-refractivity contribution is 5.23. The molecule has 2 atom stereocenters. The molecule has 2 bridgehead atoms. The molecule has 1 heterocycles. The Bertz CT molecular complexity index is 278. The number of rotatable bonds is 2. The van der Waals surface area contributed by atoms with Crippen LogP contribution in [0, 0.1) is 11.8 Å². The molecule has 0 aromatic heterocycles. The summed E-state index contributed by atoms with van der Waals surface area (Å²) in [6.45, 7) is 3.94. The zero-order chi connectivity index (χ0) is 10.1. The quantitative estimate of drug-likeness (QED) is 0.667.